The van der Waals surface area contributed by atoms with E-state index in [1.165, 1.54) is 4.90 Å². The van der Waals surface area contributed by atoms with Gasteiger partial charge in [-0.05, 0) is 60.2 Å². The van der Waals surface area contributed by atoms with Crippen LogP contribution in [0.5, 0.6) is 0 Å². The predicted octanol–water partition coefficient (Wildman–Crippen LogP) is 5.22. The van der Waals surface area contributed by atoms with E-state index in [2.05, 4.69) is 44.8 Å². The number of benzene rings is 3. The summed E-state index contributed by atoms with van der Waals surface area (Å²) in [7, 11) is 0. The summed E-state index contributed by atoms with van der Waals surface area (Å²) in [6.07, 6.45) is 2.08. The van der Waals surface area contributed by atoms with Gasteiger partial charge in [0.2, 0.25) is 0 Å². The number of rotatable bonds is 5. The molecule has 31 heavy (non-hydrogen) atoms. The van der Waals surface area contributed by atoms with Crippen LogP contribution in [-0.4, -0.2) is 33.5 Å². The van der Waals surface area contributed by atoms with Gasteiger partial charge in [-0.15, -0.1) is 0 Å². The summed E-state index contributed by atoms with van der Waals surface area (Å²) in [5, 5.41) is 8.73. The Morgan fingerprint density at radius 1 is 0.968 bits per heavy atom. The lowest BCUT2D eigenvalue weighted by Gasteiger charge is -2.30. The molecule has 3 aromatic carbocycles. The SMILES string of the molecule is NC(=O)c1cc(-c2ccccc2)cc2c(C3CCN(Sc4ccccc4)CC3)[nH]nc12. The number of fused-ring (bicyclic) bond motifs is 1. The highest BCUT2D eigenvalue weighted by Crippen LogP contribution is 2.37. The molecule has 1 saturated heterocycles. The fraction of sp³-hybridized carbons (Fsp3) is 0.200. The summed E-state index contributed by atoms with van der Waals surface area (Å²) in [5.74, 6) is -0.0701. The normalized spacial score (nSPS) is 15.4. The van der Waals surface area contributed by atoms with E-state index < -0.39 is 5.91 Å². The molecule has 0 unspecified atom stereocenters. The number of hydrogen-bond acceptors (Lipinski definition) is 4. The van der Waals surface area contributed by atoms with E-state index in [1.54, 1.807) is 0 Å². The summed E-state index contributed by atoms with van der Waals surface area (Å²) >= 11 is 1.82. The Balaban J connectivity index is 1.43. The molecule has 4 aromatic rings. The molecule has 2 heterocycles. The van der Waals surface area contributed by atoms with Crippen molar-refractivity contribution in [3.63, 3.8) is 0 Å². The molecule has 6 heteroatoms. The van der Waals surface area contributed by atoms with Crippen LogP contribution in [0.25, 0.3) is 22.0 Å². The molecule has 3 N–H and O–H groups in total. The van der Waals surface area contributed by atoms with Gasteiger partial charge in [-0.1, -0.05) is 48.5 Å². The summed E-state index contributed by atoms with van der Waals surface area (Å²) in [5.41, 5.74) is 10.0. The van der Waals surface area contributed by atoms with E-state index in [-0.39, 0.29) is 0 Å². The van der Waals surface area contributed by atoms with Crippen molar-refractivity contribution in [3.8, 4) is 11.1 Å². The zero-order valence-electron chi connectivity index (χ0n) is 17.1. The molecule has 0 radical (unpaired) electrons. The van der Waals surface area contributed by atoms with Crippen molar-refractivity contribution >= 4 is 28.8 Å². The maximum Gasteiger partial charge on any atom is 0.251 e. The van der Waals surface area contributed by atoms with E-state index in [1.807, 2.05) is 54.4 Å². The zero-order valence-corrected chi connectivity index (χ0v) is 17.9. The number of amides is 1. The quantitative estimate of drug-likeness (QED) is 0.428. The smallest absolute Gasteiger partial charge is 0.251 e. The average molecular weight is 429 g/mol. The Hall–Kier alpha value is -3.09. The second-order valence-electron chi connectivity index (χ2n) is 7.90. The molecule has 1 fully saturated rings. The van der Waals surface area contributed by atoms with Gasteiger partial charge in [0.05, 0.1) is 5.56 Å². The molecule has 0 spiro atoms. The number of aromatic nitrogens is 2. The van der Waals surface area contributed by atoms with Crippen molar-refractivity contribution in [2.45, 2.75) is 23.7 Å². The highest BCUT2D eigenvalue weighted by molar-refractivity contribution is 7.97. The molecule has 5 nitrogen and oxygen atoms in total. The molecule has 1 aliphatic rings. The number of nitrogens with one attached hydrogen (secondary N) is 1. The molecular weight excluding hydrogens is 404 g/mol. The summed E-state index contributed by atoms with van der Waals surface area (Å²) in [6.45, 7) is 2.01. The first-order chi connectivity index (χ1) is 15.2. The first-order valence-electron chi connectivity index (χ1n) is 10.5. The molecule has 1 amide bonds. The number of carbonyl (C=O) groups is 1. The van der Waals surface area contributed by atoms with Gasteiger partial charge in [0.1, 0.15) is 5.52 Å². The van der Waals surface area contributed by atoms with Gasteiger partial charge in [-0.3, -0.25) is 9.89 Å². The fourth-order valence-corrected chi connectivity index (χ4v) is 5.27. The third-order valence-corrected chi connectivity index (χ3v) is 7.01. The summed E-state index contributed by atoms with van der Waals surface area (Å²) < 4.78 is 2.43. The van der Waals surface area contributed by atoms with E-state index in [4.69, 9.17) is 5.73 Å². The lowest BCUT2D eigenvalue weighted by molar-refractivity contribution is 0.100. The third kappa shape index (κ3) is 4.09. The minimum absolute atomic E-state index is 0.379. The molecule has 0 bridgehead atoms. The van der Waals surface area contributed by atoms with Gasteiger partial charge >= 0.3 is 0 Å². The van der Waals surface area contributed by atoms with E-state index in [0.717, 1.165) is 48.1 Å². The van der Waals surface area contributed by atoms with Crippen LogP contribution in [0.1, 0.15) is 34.8 Å². The summed E-state index contributed by atoms with van der Waals surface area (Å²) in [6, 6.07) is 24.6. The topological polar surface area (TPSA) is 75.0 Å². The van der Waals surface area contributed by atoms with Crippen LogP contribution in [0, 0.1) is 0 Å². The number of nitrogens with zero attached hydrogens (tertiary/aromatic N) is 2. The second kappa shape index (κ2) is 8.57. The number of hydrogen-bond donors (Lipinski definition) is 2. The first-order valence-corrected chi connectivity index (χ1v) is 11.3. The Bertz CT molecular complexity index is 1200. The fourth-order valence-electron chi connectivity index (χ4n) is 4.30. The average Bonchev–Trinajstić information content (AvgIpc) is 3.24. The number of primary amides is 1. The van der Waals surface area contributed by atoms with Crippen molar-refractivity contribution in [1.29, 1.82) is 0 Å². The highest BCUT2D eigenvalue weighted by atomic mass is 32.2. The van der Waals surface area contributed by atoms with Crippen LogP contribution in [0.2, 0.25) is 0 Å². The van der Waals surface area contributed by atoms with Gasteiger partial charge in [-0.25, -0.2) is 4.31 Å². The molecule has 1 aromatic heterocycles. The van der Waals surface area contributed by atoms with E-state index >= 15 is 0 Å². The Kier molecular flexibility index (Phi) is 5.49. The minimum atomic E-state index is -0.449. The minimum Gasteiger partial charge on any atom is -0.366 e. The van der Waals surface area contributed by atoms with Crippen molar-refractivity contribution in [2.24, 2.45) is 5.73 Å². The highest BCUT2D eigenvalue weighted by Gasteiger charge is 2.26. The molecule has 1 aliphatic heterocycles. The van der Waals surface area contributed by atoms with Gasteiger partial charge in [0.25, 0.3) is 5.91 Å². The van der Waals surface area contributed by atoms with Gasteiger partial charge in [-0.2, -0.15) is 5.10 Å². The molecular formula is C25H24N4OS. The Morgan fingerprint density at radius 3 is 2.32 bits per heavy atom. The van der Waals surface area contributed by atoms with E-state index in [9.17, 15) is 4.79 Å². The molecule has 0 atom stereocenters. The van der Waals surface area contributed by atoms with E-state index in [0.29, 0.717) is 17.0 Å². The lowest BCUT2D eigenvalue weighted by Crippen LogP contribution is -2.27. The molecule has 156 valence electrons. The zero-order chi connectivity index (χ0) is 21.2. The maximum atomic E-state index is 12.2. The first kappa shape index (κ1) is 19.8. The van der Waals surface area contributed by atoms with Crippen LogP contribution >= 0.6 is 11.9 Å². The van der Waals surface area contributed by atoms with Crippen LogP contribution < -0.4 is 5.73 Å². The van der Waals surface area contributed by atoms with Crippen molar-refractivity contribution < 1.29 is 4.79 Å². The van der Waals surface area contributed by atoms with Gasteiger partial charge < -0.3 is 5.73 Å². The van der Waals surface area contributed by atoms with Gasteiger partial charge in [0, 0.05) is 35.0 Å². The van der Waals surface area contributed by atoms with Crippen molar-refractivity contribution in [1.82, 2.24) is 14.5 Å². The Morgan fingerprint density at radius 2 is 1.65 bits per heavy atom. The predicted molar refractivity (Wildman–Crippen MR) is 126 cm³/mol. The van der Waals surface area contributed by atoms with Gasteiger partial charge in [0.15, 0.2) is 0 Å². The van der Waals surface area contributed by atoms with Crippen LogP contribution in [-0.2, 0) is 0 Å². The number of H-pyrrole nitrogens is 1. The van der Waals surface area contributed by atoms with Crippen molar-refractivity contribution in [2.75, 3.05) is 13.1 Å². The van der Waals surface area contributed by atoms with Crippen molar-refractivity contribution in [3.05, 3.63) is 84.1 Å². The maximum absolute atomic E-state index is 12.2. The second-order valence-corrected chi connectivity index (χ2v) is 9.07. The summed E-state index contributed by atoms with van der Waals surface area (Å²) in [4.78, 5) is 13.4. The molecule has 5 rings (SSSR count). The van der Waals surface area contributed by atoms with Crippen LogP contribution in [0.3, 0.4) is 0 Å². The van der Waals surface area contributed by atoms with Crippen LogP contribution in [0.4, 0.5) is 0 Å². The lowest BCUT2D eigenvalue weighted by atomic mass is 9.90. The Labute approximate surface area is 185 Å². The third-order valence-electron chi connectivity index (χ3n) is 5.90. The standard InChI is InChI=1S/C25H24N4OS/c26-25(30)22-16-19(17-7-3-1-4-8-17)15-21-23(27-28-24(21)22)18-11-13-29(14-12-18)31-20-9-5-2-6-10-20/h1-10,15-16,18H,11-14H2,(H2,26,30)(H,27,28). The number of aromatic amines is 1. The monoisotopic (exact) mass is 428 g/mol. The number of carbonyl (C=O) groups excluding carboxylic acids is 1. The number of nitrogens with two attached hydrogens (primary N) is 1. The molecule has 0 aliphatic carbocycles. The largest absolute Gasteiger partial charge is 0.366 e. The van der Waals surface area contributed by atoms with Crippen LogP contribution in [0.15, 0.2) is 77.7 Å². The molecule has 0 saturated carbocycles. The number of piperidine rings is 1.